The molecule has 15 heavy (non-hydrogen) atoms. The summed E-state index contributed by atoms with van der Waals surface area (Å²) < 4.78 is 27.9. The third-order valence-corrected chi connectivity index (χ3v) is 3.67. The van der Waals surface area contributed by atoms with Crippen molar-refractivity contribution in [3.8, 4) is 0 Å². The number of rotatable bonds is 2. The molecule has 0 amide bonds. The lowest BCUT2D eigenvalue weighted by Crippen LogP contribution is -2.46. The van der Waals surface area contributed by atoms with Crippen molar-refractivity contribution in [3.63, 3.8) is 0 Å². The molecule has 2 fully saturated rings. The fraction of sp³-hybridized carbons (Fsp3) is 1.00. The Morgan fingerprint density at radius 1 is 0.933 bits per heavy atom. The lowest BCUT2D eigenvalue weighted by molar-refractivity contribution is -0.0958. The molecule has 2 aliphatic rings. The van der Waals surface area contributed by atoms with Gasteiger partial charge >= 0.3 is 0 Å². The van der Waals surface area contributed by atoms with E-state index < -0.39 is 12.0 Å². The van der Waals surface area contributed by atoms with Crippen molar-refractivity contribution in [2.45, 2.75) is 56.9 Å². The highest BCUT2D eigenvalue weighted by atomic mass is 35.5. The minimum absolute atomic E-state index is 0. The number of halogens is 3. The van der Waals surface area contributed by atoms with Crippen LogP contribution in [-0.4, -0.2) is 18.5 Å². The first kappa shape index (κ1) is 13.2. The van der Waals surface area contributed by atoms with E-state index >= 15 is 0 Å². The minimum Gasteiger partial charge on any atom is -0.309 e. The molecule has 4 heteroatoms. The number of hydrogen-bond donors (Lipinski definition) is 1. The molecular weight excluding hydrogens is 220 g/mol. The molecule has 1 aliphatic heterocycles. The summed E-state index contributed by atoms with van der Waals surface area (Å²) in [5.41, 5.74) is 0. The summed E-state index contributed by atoms with van der Waals surface area (Å²) in [7, 11) is 0. The van der Waals surface area contributed by atoms with Gasteiger partial charge < -0.3 is 5.32 Å². The van der Waals surface area contributed by atoms with Crippen molar-refractivity contribution in [3.05, 3.63) is 0 Å². The van der Waals surface area contributed by atoms with Crippen molar-refractivity contribution < 1.29 is 8.78 Å². The minimum atomic E-state index is -2.46. The van der Waals surface area contributed by atoms with Gasteiger partial charge in [-0.25, -0.2) is 8.78 Å². The zero-order chi connectivity index (χ0) is 10.0. The third kappa shape index (κ3) is 2.82. The van der Waals surface area contributed by atoms with Crippen molar-refractivity contribution in [2.24, 2.45) is 5.92 Å². The maximum atomic E-state index is 14.0. The maximum absolute atomic E-state index is 14.0. The zero-order valence-electron chi connectivity index (χ0n) is 8.98. The van der Waals surface area contributed by atoms with Crippen LogP contribution in [0.25, 0.3) is 0 Å². The van der Waals surface area contributed by atoms with Crippen LogP contribution >= 0.6 is 12.4 Å². The number of nitrogens with one attached hydrogen (secondary N) is 1. The van der Waals surface area contributed by atoms with Gasteiger partial charge in [-0.1, -0.05) is 19.3 Å². The van der Waals surface area contributed by atoms with Crippen LogP contribution in [0, 0.1) is 5.92 Å². The first-order valence-corrected chi connectivity index (χ1v) is 5.82. The molecule has 1 atom stereocenters. The van der Waals surface area contributed by atoms with Gasteiger partial charge in [0.15, 0.2) is 0 Å². The normalized spacial score (nSPS) is 28.8. The number of alkyl halides is 2. The summed E-state index contributed by atoms with van der Waals surface area (Å²) in [5, 5.41) is 2.94. The quantitative estimate of drug-likeness (QED) is 0.779. The Morgan fingerprint density at radius 2 is 1.60 bits per heavy atom. The summed E-state index contributed by atoms with van der Waals surface area (Å²) in [6, 6.07) is -0.536. The summed E-state index contributed by atoms with van der Waals surface area (Å²) in [6.45, 7) is 0.771. The van der Waals surface area contributed by atoms with Gasteiger partial charge in [0.2, 0.25) is 0 Å². The van der Waals surface area contributed by atoms with E-state index in [0.29, 0.717) is 6.42 Å². The summed E-state index contributed by atoms with van der Waals surface area (Å²) in [4.78, 5) is 0. The van der Waals surface area contributed by atoms with E-state index in [1.165, 1.54) is 0 Å². The van der Waals surface area contributed by atoms with E-state index in [1.54, 1.807) is 0 Å². The van der Waals surface area contributed by atoms with Gasteiger partial charge in [0.1, 0.15) is 0 Å². The van der Waals surface area contributed by atoms with Gasteiger partial charge in [-0.05, 0) is 32.2 Å². The van der Waals surface area contributed by atoms with E-state index in [1.807, 2.05) is 0 Å². The van der Waals surface area contributed by atoms with Crippen LogP contribution in [0.5, 0.6) is 0 Å². The van der Waals surface area contributed by atoms with Crippen LogP contribution in [-0.2, 0) is 0 Å². The summed E-state index contributed by atoms with van der Waals surface area (Å²) >= 11 is 0. The zero-order valence-corrected chi connectivity index (χ0v) is 9.79. The smallest absolute Gasteiger partial charge is 0.265 e. The lowest BCUT2D eigenvalue weighted by atomic mass is 9.81. The van der Waals surface area contributed by atoms with Crippen molar-refractivity contribution in [1.29, 1.82) is 0 Å². The van der Waals surface area contributed by atoms with Gasteiger partial charge in [-0.3, -0.25) is 0 Å². The highest BCUT2D eigenvalue weighted by Gasteiger charge is 2.47. The second-order valence-corrected chi connectivity index (χ2v) is 4.66. The van der Waals surface area contributed by atoms with Crippen molar-refractivity contribution in [2.75, 3.05) is 6.54 Å². The van der Waals surface area contributed by atoms with Crippen LogP contribution in [0.15, 0.2) is 0 Å². The Labute approximate surface area is 96.4 Å². The SMILES string of the molecule is Cl.FC(F)(C1CCCCC1)C1CCCN1. The molecular formula is C11H20ClF2N. The average Bonchev–Trinajstić information content (AvgIpc) is 2.72. The molecule has 1 aliphatic carbocycles. The molecule has 1 saturated carbocycles. The molecule has 2 rings (SSSR count). The molecule has 1 N–H and O–H groups in total. The van der Waals surface area contributed by atoms with Gasteiger partial charge in [0.05, 0.1) is 6.04 Å². The molecule has 0 aromatic heterocycles. The molecule has 1 heterocycles. The van der Waals surface area contributed by atoms with Gasteiger partial charge in [0, 0.05) is 5.92 Å². The molecule has 1 unspecified atom stereocenters. The van der Waals surface area contributed by atoms with E-state index in [9.17, 15) is 8.78 Å². The third-order valence-electron chi connectivity index (χ3n) is 3.67. The van der Waals surface area contributed by atoms with Crippen LogP contribution in [0.2, 0.25) is 0 Å². The Kier molecular flexibility index (Phi) is 4.78. The summed E-state index contributed by atoms with van der Waals surface area (Å²) in [5.74, 6) is -2.82. The Bertz CT molecular complexity index is 187. The second-order valence-electron chi connectivity index (χ2n) is 4.66. The van der Waals surface area contributed by atoms with Crippen molar-refractivity contribution >= 4 is 12.4 Å². The van der Waals surface area contributed by atoms with Gasteiger partial charge in [-0.2, -0.15) is 0 Å². The molecule has 0 radical (unpaired) electrons. The number of hydrogen-bond acceptors (Lipinski definition) is 1. The average molecular weight is 240 g/mol. The second kappa shape index (κ2) is 5.44. The molecule has 1 saturated heterocycles. The highest BCUT2D eigenvalue weighted by Crippen LogP contribution is 2.40. The summed E-state index contributed by atoms with van der Waals surface area (Å²) in [6.07, 6.45) is 6.15. The molecule has 0 spiro atoms. The van der Waals surface area contributed by atoms with E-state index in [-0.39, 0.29) is 18.3 Å². The largest absolute Gasteiger partial charge is 0.309 e. The first-order valence-electron chi connectivity index (χ1n) is 5.82. The van der Waals surface area contributed by atoms with Gasteiger partial charge in [-0.15, -0.1) is 12.4 Å². The lowest BCUT2D eigenvalue weighted by Gasteiger charge is -2.34. The van der Waals surface area contributed by atoms with Crippen molar-refractivity contribution in [1.82, 2.24) is 5.32 Å². The molecule has 0 aromatic carbocycles. The Hall–Kier alpha value is 0.110. The van der Waals surface area contributed by atoms with E-state index in [4.69, 9.17) is 0 Å². The predicted molar refractivity (Wildman–Crippen MR) is 59.8 cm³/mol. The van der Waals surface area contributed by atoms with Gasteiger partial charge in [0.25, 0.3) is 5.92 Å². The Balaban J connectivity index is 0.00000112. The monoisotopic (exact) mass is 239 g/mol. The van der Waals surface area contributed by atoms with Crippen LogP contribution < -0.4 is 5.32 Å². The molecule has 0 aromatic rings. The Morgan fingerprint density at radius 3 is 2.13 bits per heavy atom. The standard InChI is InChI=1S/C11H19F2N.ClH/c12-11(13,10-7-4-8-14-10)9-5-2-1-3-6-9;/h9-10,14H,1-8H2;1H. The molecule has 1 nitrogen and oxygen atoms in total. The molecule has 90 valence electrons. The fourth-order valence-corrected chi connectivity index (χ4v) is 2.79. The fourth-order valence-electron chi connectivity index (χ4n) is 2.79. The maximum Gasteiger partial charge on any atom is 0.265 e. The predicted octanol–water partition coefficient (Wildman–Crippen LogP) is 3.38. The molecule has 0 bridgehead atoms. The van der Waals surface area contributed by atoms with Crippen LogP contribution in [0.4, 0.5) is 8.78 Å². The highest BCUT2D eigenvalue weighted by molar-refractivity contribution is 5.85. The topological polar surface area (TPSA) is 12.0 Å². The van der Waals surface area contributed by atoms with E-state index in [2.05, 4.69) is 5.32 Å². The van der Waals surface area contributed by atoms with Crippen LogP contribution in [0.1, 0.15) is 44.9 Å². The van der Waals surface area contributed by atoms with E-state index in [0.717, 1.165) is 45.1 Å². The first-order chi connectivity index (χ1) is 6.71. The van der Waals surface area contributed by atoms with Crippen LogP contribution in [0.3, 0.4) is 0 Å².